The van der Waals surface area contributed by atoms with E-state index in [0.717, 1.165) is 17.9 Å². The molecule has 56 heavy (non-hydrogen) atoms. The van der Waals surface area contributed by atoms with Gasteiger partial charge in [0.1, 0.15) is 23.0 Å². The summed E-state index contributed by atoms with van der Waals surface area (Å²) in [6.07, 6.45) is 7.73. The molecule has 6 N–H and O–H groups in total. The lowest BCUT2D eigenvalue weighted by atomic mass is 10.0. The van der Waals surface area contributed by atoms with Crippen molar-refractivity contribution in [2.75, 3.05) is 0 Å². The van der Waals surface area contributed by atoms with Gasteiger partial charge < -0.3 is 30.4 Å². The van der Waals surface area contributed by atoms with Crippen molar-refractivity contribution in [3.8, 4) is 67.5 Å². The Hall–Kier alpha value is -5.40. The number of rotatable bonds is 4. The molecule has 3 aromatic heterocycles. The third-order valence-corrected chi connectivity index (χ3v) is 12.4. The lowest BCUT2D eigenvalue weighted by molar-refractivity contribution is 0.475. The Morgan fingerprint density at radius 2 is 0.571 bits per heavy atom. The van der Waals surface area contributed by atoms with Crippen LogP contribution in [0.25, 0.3) is 90.9 Å². The maximum absolute atomic E-state index is 10.7. The van der Waals surface area contributed by atoms with Gasteiger partial charge in [-0.3, -0.25) is 0 Å². The second-order valence-electron chi connectivity index (χ2n) is 13.2. The van der Waals surface area contributed by atoms with E-state index in [9.17, 15) is 20.4 Å². The smallest absolute Gasteiger partial charge is 0.116 e. The van der Waals surface area contributed by atoms with Crippen LogP contribution in [0.4, 0.5) is 0 Å². The second kappa shape index (κ2) is 14.3. The molecular weight excluding hydrogens is 968 g/mol. The molecule has 0 amide bonds. The van der Waals surface area contributed by atoms with Gasteiger partial charge in [-0.05, 0) is 121 Å². The van der Waals surface area contributed by atoms with E-state index in [1.54, 1.807) is 72.8 Å². The Labute approximate surface area is 353 Å². The van der Waals surface area contributed by atoms with E-state index in [4.69, 9.17) is 9.97 Å². The number of phenols is 4. The van der Waals surface area contributed by atoms with Crippen LogP contribution in [0, 0.1) is 0 Å². The van der Waals surface area contributed by atoms with E-state index < -0.39 is 0 Å². The molecule has 8 nitrogen and oxygen atoms in total. The van der Waals surface area contributed by atoms with Gasteiger partial charge in [-0.1, -0.05) is 63.7 Å². The molecule has 0 saturated carbocycles. The zero-order valence-electron chi connectivity index (χ0n) is 28.7. The van der Waals surface area contributed by atoms with Crippen molar-refractivity contribution in [1.82, 2.24) is 19.9 Å². The summed E-state index contributed by atoms with van der Waals surface area (Å²) >= 11 is 14.9. The molecule has 9 rings (SSSR count). The average molecular weight is 994 g/mol. The number of aromatic nitrogens is 4. The number of aromatic amines is 2. The van der Waals surface area contributed by atoms with Crippen molar-refractivity contribution in [2.24, 2.45) is 0 Å². The molecule has 0 saturated heterocycles. The fraction of sp³-hybridized carbons (Fsp3) is 0. The highest BCUT2D eigenvalue weighted by molar-refractivity contribution is 9.11. The fourth-order valence-electron chi connectivity index (χ4n) is 7.16. The predicted molar refractivity (Wildman–Crippen MR) is 238 cm³/mol. The van der Waals surface area contributed by atoms with E-state index in [1.807, 2.05) is 48.6 Å². The van der Waals surface area contributed by atoms with Gasteiger partial charge >= 0.3 is 0 Å². The first-order valence-electron chi connectivity index (χ1n) is 17.1. The molecule has 0 spiro atoms. The number of phenolic OH excluding ortho intramolecular Hbond substituents is 4. The molecule has 4 aromatic carbocycles. The van der Waals surface area contributed by atoms with Gasteiger partial charge in [0, 0.05) is 84.5 Å². The van der Waals surface area contributed by atoms with Crippen LogP contribution in [0.15, 0.2) is 115 Å². The van der Waals surface area contributed by atoms with Crippen LogP contribution in [0.1, 0.15) is 22.8 Å². The second-order valence-corrected chi connectivity index (χ2v) is 16.6. The highest BCUT2D eigenvalue weighted by Crippen LogP contribution is 2.44. The van der Waals surface area contributed by atoms with Crippen molar-refractivity contribution in [1.29, 1.82) is 0 Å². The van der Waals surface area contributed by atoms with Gasteiger partial charge in [0.15, 0.2) is 0 Å². The molecule has 2 aliphatic heterocycles. The van der Waals surface area contributed by atoms with Crippen LogP contribution in [-0.2, 0) is 0 Å². The minimum Gasteiger partial charge on any atom is -0.508 e. The fourth-order valence-corrected chi connectivity index (χ4v) is 8.94. The highest BCUT2D eigenvalue weighted by Gasteiger charge is 2.22. The zero-order chi connectivity index (χ0) is 38.8. The van der Waals surface area contributed by atoms with Gasteiger partial charge in [-0.2, -0.15) is 0 Å². The number of nitrogens with zero attached hydrogens (tertiary/aromatic N) is 2. The third-order valence-electron chi connectivity index (χ3n) is 9.63. The predicted octanol–water partition coefficient (Wildman–Crippen LogP) is 13.2. The molecular formula is C44H26Br4N4O4. The largest absolute Gasteiger partial charge is 0.508 e. The van der Waals surface area contributed by atoms with Gasteiger partial charge in [-0.15, -0.1) is 0 Å². The van der Waals surface area contributed by atoms with Crippen LogP contribution in [0.5, 0.6) is 23.0 Å². The van der Waals surface area contributed by atoms with Crippen LogP contribution in [0.2, 0.25) is 0 Å². The van der Waals surface area contributed by atoms with E-state index in [0.29, 0.717) is 89.4 Å². The van der Waals surface area contributed by atoms with Crippen LogP contribution in [-0.4, -0.2) is 40.4 Å². The first-order valence-corrected chi connectivity index (χ1v) is 20.3. The quantitative estimate of drug-likeness (QED) is 0.104. The third kappa shape index (κ3) is 6.46. The minimum atomic E-state index is 0.0890. The van der Waals surface area contributed by atoms with E-state index in [-0.39, 0.29) is 23.0 Å². The molecule has 0 fully saturated rings. The van der Waals surface area contributed by atoms with E-state index in [1.165, 1.54) is 0 Å². The number of hydrogen-bond acceptors (Lipinski definition) is 6. The van der Waals surface area contributed by atoms with Crippen molar-refractivity contribution >= 4 is 110 Å². The summed E-state index contributed by atoms with van der Waals surface area (Å²) < 4.78 is 2.99. The summed E-state index contributed by atoms with van der Waals surface area (Å²) in [6, 6.07) is 28.3. The number of nitrogens with one attached hydrogen (secondary N) is 2. The number of hydrogen-bond donors (Lipinski definition) is 6. The summed E-state index contributed by atoms with van der Waals surface area (Å²) in [4.78, 5) is 17.8. The Bertz CT molecular complexity index is 2640. The summed E-state index contributed by atoms with van der Waals surface area (Å²) in [5.41, 5.74) is 11.0. The maximum Gasteiger partial charge on any atom is 0.116 e. The number of halogens is 4. The van der Waals surface area contributed by atoms with E-state index in [2.05, 4.69) is 73.7 Å². The minimum absolute atomic E-state index is 0.0890. The van der Waals surface area contributed by atoms with Gasteiger partial charge in [-0.25, -0.2) is 9.97 Å². The molecule has 12 heteroatoms. The molecule has 0 aliphatic carbocycles. The first-order chi connectivity index (χ1) is 27.0. The van der Waals surface area contributed by atoms with Crippen LogP contribution >= 0.6 is 63.7 Å². The standard InChI is InChI=1S/C44H26Br4N4O4/c45-29-5-1-21(53)17-25(29)41-33-9-11-35(49-33)42(26-18-22(54)2-6-30(26)46)37-13-15-39(51-37)44(28-20-24(56)4-8-32(28)48)40-16-14-38(52-40)43(36-12-10-34(41)50-36)27-19-23(55)3-7-31(27)47/h1-20,49,52-56H. The van der Waals surface area contributed by atoms with Crippen molar-refractivity contribution in [3.63, 3.8) is 0 Å². The van der Waals surface area contributed by atoms with Gasteiger partial charge in [0.25, 0.3) is 0 Å². The number of aromatic hydroxyl groups is 4. The molecule has 8 bridgehead atoms. The van der Waals surface area contributed by atoms with Gasteiger partial charge in [0.2, 0.25) is 0 Å². The monoisotopic (exact) mass is 990 g/mol. The van der Waals surface area contributed by atoms with Crippen LogP contribution < -0.4 is 0 Å². The zero-order valence-corrected chi connectivity index (χ0v) is 35.1. The average Bonchev–Trinajstić information content (AvgIpc) is 4.01. The summed E-state index contributed by atoms with van der Waals surface area (Å²) in [5.74, 6) is 0.356. The van der Waals surface area contributed by atoms with Crippen molar-refractivity contribution in [2.45, 2.75) is 0 Å². The summed E-state index contributed by atoms with van der Waals surface area (Å²) in [5, 5.41) is 42.9. The molecule has 0 radical (unpaired) electrons. The first kappa shape index (κ1) is 36.3. The van der Waals surface area contributed by atoms with Crippen molar-refractivity contribution in [3.05, 3.63) is 138 Å². The number of benzene rings is 4. The molecule has 7 aromatic rings. The van der Waals surface area contributed by atoms with Crippen molar-refractivity contribution < 1.29 is 20.4 Å². The molecule has 274 valence electrons. The van der Waals surface area contributed by atoms with E-state index >= 15 is 0 Å². The Balaban J connectivity index is 1.52. The summed E-state index contributed by atoms with van der Waals surface area (Å²) in [7, 11) is 0. The Morgan fingerprint density at radius 3 is 0.804 bits per heavy atom. The van der Waals surface area contributed by atoms with Crippen LogP contribution in [0.3, 0.4) is 0 Å². The molecule has 0 unspecified atom stereocenters. The topological polar surface area (TPSA) is 138 Å². The Kier molecular flexibility index (Phi) is 9.24. The number of fused-ring (bicyclic) bond motifs is 8. The molecule has 2 aliphatic rings. The lowest BCUT2D eigenvalue weighted by Crippen LogP contribution is -1.91. The normalized spacial score (nSPS) is 12.1. The summed E-state index contributed by atoms with van der Waals surface area (Å²) in [6.45, 7) is 0. The molecule has 5 heterocycles. The highest BCUT2D eigenvalue weighted by atomic mass is 79.9. The lowest BCUT2D eigenvalue weighted by Gasteiger charge is -2.10. The number of H-pyrrole nitrogens is 2. The SMILES string of the molecule is Oc1ccc(Br)c(-c2c3nc(c(-c4cc(O)ccc4Br)c4ccc([nH]4)c(-c4cc(O)ccc4Br)c4nc(c(-c5cc(O)ccc5Br)c5ccc2[nH]5)C=C4)C=C3)c1. The molecule has 0 atom stereocenters. The van der Waals surface area contributed by atoms with Gasteiger partial charge in [0.05, 0.1) is 22.8 Å². The Morgan fingerprint density at radius 1 is 0.339 bits per heavy atom. The maximum atomic E-state index is 10.7.